The van der Waals surface area contributed by atoms with Gasteiger partial charge in [0.2, 0.25) is 5.91 Å². The van der Waals surface area contributed by atoms with E-state index in [4.69, 9.17) is 9.72 Å². The topological polar surface area (TPSA) is 64.4 Å². The smallest absolute Gasteiger partial charge is 0.266 e. The van der Waals surface area contributed by atoms with Gasteiger partial charge in [0.1, 0.15) is 5.75 Å². The Hall–Kier alpha value is -2.80. The number of methoxy groups -OCH3 is 1. The molecule has 156 valence electrons. The molecule has 1 amide bonds. The summed E-state index contributed by atoms with van der Waals surface area (Å²) < 4.78 is 7.04. The van der Waals surface area contributed by atoms with E-state index in [9.17, 15) is 9.59 Å². The molecule has 0 bridgehead atoms. The lowest BCUT2D eigenvalue weighted by molar-refractivity contribution is -0.130. The summed E-state index contributed by atoms with van der Waals surface area (Å²) in [6.45, 7) is 3.77. The van der Waals surface area contributed by atoms with Gasteiger partial charge in [0.05, 0.1) is 29.5 Å². The van der Waals surface area contributed by atoms with Crippen LogP contribution in [0.3, 0.4) is 0 Å². The van der Waals surface area contributed by atoms with Gasteiger partial charge in [0.25, 0.3) is 5.56 Å². The number of carbonyl (C=O) groups is 1. The number of amides is 1. The fraction of sp³-hybridized carbons (Fsp3) is 0.348. The molecule has 1 aliphatic heterocycles. The first-order valence-electron chi connectivity index (χ1n) is 10.1. The molecule has 1 fully saturated rings. The highest BCUT2D eigenvalue weighted by molar-refractivity contribution is 7.99. The number of ether oxygens (including phenoxy) is 1. The first-order chi connectivity index (χ1) is 14.6. The van der Waals surface area contributed by atoms with Crippen molar-refractivity contribution in [2.24, 2.45) is 5.92 Å². The van der Waals surface area contributed by atoms with Gasteiger partial charge in [-0.1, -0.05) is 43.0 Å². The molecule has 0 aliphatic carbocycles. The van der Waals surface area contributed by atoms with E-state index in [-0.39, 0.29) is 17.2 Å². The van der Waals surface area contributed by atoms with Crippen LogP contribution in [-0.4, -0.2) is 46.3 Å². The van der Waals surface area contributed by atoms with Crippen molar-refractivity contribution in [3.05, 3.63) is 58.9 Å². The summed E-state index contributed by atoms with van der Waals surface area (Å²) in [5.74, 6) is 1.43. The lowest BCUT2D eigenvalue weighted by Gasteiger charge is -2.30. The Balaban J connectivity index is 1.73. The number of rotatable bonds is 5. The number of thioether (sulfide) groups is 1. The van der Waals surface area contributed by atoms with Crippen molar-refractivity contribution in [2.75, 3.05) is 26.0 Å². The van der Waals surface area contributed by atoms with Crippen LogP contribution >= 0.6 is 11.8 Å². The van der Waals surface area contributed by atoms with Gasteiger partial charge in [-0.05, 0) is 43.0 Å². The fourth-order valence-corrected chi connectivity index (χ4v) is 4.78. The number of nitrogens with zero attached hydrogens (tertiary/aromatic N) is 3. The normalized spacial score (nSPS) is 16.6. The standard InChI is InChI=1S/C23H25N3O3S/c1-16-8-7-13-25(14-16)21(27)15-30-23-24-18-10-4-3-9-17(18)22(28)26(23)19-11-5-6-12-20(19)29-2/h3-6,9-12,16H,7-8,13-15H2,1-2H3/t16-/m0/s1. The van der Waals surface area contributed by atoms with Gasteiger partial charge in [-0.3, -0.25) is 14.2 Å². The number of likely N-dealkylation sites (tertiary alicyclic amines) is 1. The molecule has 0 N–H and O–H groups in total. The SMILES string of the molecule is COc1ccccc1-n1c(SCC(=O)N2CCC[C@H](C)C2)nc2ccccc2c1=O. The van der Waals surface area contributed by atoms with E-state index in [1.165, 1.54) is 11.8 Å². The molecule has 4 rings (SSSR count). The molecule has 1 atom stereocenters. The molecule has 0 spiro atoms. The van der Waals surface area contributed by atoms with E-state index in [2.05, 4.69) is 6.92 Å². The Morgan fingerprint density at radius 1 is 1.20 bits per heavy atom. The molecule has 0 saturated carbocycles. The Morgan fingerprint density at radius 3 is 2.77 bits per heavy atom. The van der Waals surface area contributed by atoms with Gasteiger partial charge in [0.15, 0.2) is 5.16 Å². The molecule has 1 aliphatic rings. The van der Waals surface area contributed by atoms with E-state index in [0.29, 0.717) is 33.4 Å². The molecule has 6 nitrogen and oxygen atoms in total. The maximum Gasteiger partial charge on any atom is 0.266 e. The molecule has 2 aromatic carbocycles. The minimum Gasteiger partial charge on any atom is -0.495 e. The van der Waals surface area contributed by atoms with E-state index in [1.807, 2.05) is 47.4 Å². The van der Waals surface area contributed by atoms with Crippen molar-refractivity contribution in [1.29, 1.82) is 0 Å². The average molecular weight is 424 g/mol. The number of benzene rings is 2. The van der Waals surface area contributed by atoms with Crippen molar-refractivity contribution < 1.29 is 9.53 Å². The second-order valence-corrected chi connectivity index (χ2v) is 8.54. The van der Waals surface area contributed by atoms with Crippen LogP contribution in [0.25, 0.3) is 16.6 Å². The molecule has 3 aromatic rings. The maximum atomic E-state index is 13.4. The van der Waals surface area contributed by atoms with Gasteiger partial charge in [0, 0.05) is 13.1 Å². The summed E-state index contributed by atoms with van der Waals surface area (Å²) in [4.78, 5) is 32.8. The van der Waals surface area contributed by atoms with E-state index in [1.54, 1.807) is 17.7 Å². The summed E-state index contributed by atoms with van der Waals surface area (Å²) in [6.07, 6.45) is 2.20. The zero-order valence-electron chi connectivity index (χ0n) is 17.2. The summed E-state index contributed by atoms with van der Waals surface area (Å²) in [5.41, 5.74) is 1.06. The largest absolute Gasteiger partial charge is 0.495 e. The van der Waals surface area contributed by atoms with Crippen molar-refractivity contribution in [3.8, 4) is 11.4 Å². The number of hydrogen-bond donors (Lipinski definition) is 0. The van der Waals surface area contributed by atoms with Crippen LogP contribution in [0.1, 0.15) is 19.8 Å². The number of aromatic nitrogens is 2. The van der Waals surface area contributed by atoms with Crippen LogP contribution in [0.4, 0.5) is 0 Å². The Morgan fingerprint density at radius 2 is 1.97 bits per heavy atom. The molecule has 1 saturated heterocycles. The first kappa shape index (κ1) is 20.5. The van der Waals surface area contributed by atoms with Crippen LogP contribution in [0, 0.1) is 5.92 Å². The van der Waals surface area contributed by atoms with Crippen molar-refractivity contribution >= 4 is 28.6 Å². The predicted octanol–water partition coefficient (Wildman–Crippen LogP) is 3.74. The van der Waals surface area contributed by atoms with E-state index in [0.717, 1.165) is 25.9 Å². The number of piperidine rings is 1. The highest BCUT2D eigenvalue weighted by Crippen LogP contribution is 2.27. The van der Waals surface area contributed by atoms with Gasteiger partial charge in [-0.15, -0.1) is 0 Å². The zero-order valence-corrected chi connectivity index (χ0v) is 18.0. The van der Waals surface area contributed by atoms with Gasteiger partial charge in [-0.2, -0.15) is 0 Å². The molecular weight excluding hydrogens is 398 g/mol. The van der Waals surface area contributed by atoms with Gasteiger partial charge in [-0.25, -0.2) is 4.98 Å². The van der Waals surface area contributed by atoms with Crippen LogP contribution < -0.4 is 10.3 Å². The van der Waals surface area contributed by atoms with E-state index < -0.39 is 0 Å². The van der Waals surface area contributed by atoms with E-state index >= 15 is 0 Å². The second-order valence-electron chi connectivity index (χ2n) is 7.60. The predicted molar refractivity (Wildman–Crippen MR) is 120 cm³/mol. The third-order valence-corrected chi connectivity index (χ3v) is 6.33. The average Bonchev–Trinajstić information content (AvgIpc) is 2.77. The van der Waals surface area contributed by atoms with Crippen molar-refractivity contribution in [1.82, 2.24) is 14.5 Å². The van der Waals surface area contributed by atoms with Crippen LogP contribution in [0.15, 0.2) is 58.5 Å². The molecule has 2 heterocycles. The highest BCUT2D eigenvalue weighted by atomic mass is 32.2. The monoisotopic (exact) mass is 423 g/mol. The molecule has 0 radical (unpaired) electrons. The maximum absolute atomic E-state index is 13.4. The summed E-state index contributed by atoms with van der Waals surface area (Å²) in [7, 11) is 1.58. The summed E-state index contributed by atoms with van der Waals surface area (Å²) in [6, 6.07) is 14.6. The van der Waals surface area contributed by atoms with Crippen molar-refractivity contribution in [3.63, 3.8) is 0 Å². The highest BCUT2D eigenvalue weighted by Gasteiger charge is 2.22. The second kappa shape index (κ2) is 8.92. The number of hydrogen-bond acceptors (Lipinski definition) is 5. The lowest BCUT2D eigenvalue weighted by atomic mass is 10.0. The summed E-state index contributed by atoms with van der Waals surface area (Å²) in [5, 5.41) is 1.02. The third-order valence-electron chi connectivity index (χ3n) is 5.41. The van der Waals surface area contributed by atoms with Gasteiger partial charge >= 0.3 is 0 Å². The van der Waals surface area contributed by atoms with Crippen LogP contribution in [0.2, 0.25) is 0 Å². The van der Waals surface area contributed by atoms with Gasteiger partial charge < -0.3 is 9.64 Å². The minimum atomic E-state index is -0.174. The Kier molecular flexibility index (Phi) is 6.08. The molecular formula is C23H25N3O3S. The molecule has 7 heteroatoms. The zero-order chi connectivity index (χ0) is 21.1. The third kappa shape index (κ3) is 4.07. The Bertz CT molecular complexity index is 1130. The van der Waals surface area contributed by atoms with Crippen LogP contribution in [-0.2, 0) is 4.79 Å². The van der Waals surface area contributed by atoms with Crippen molar-refractivity contribution in [2.45, 2.75) is 24.9 Å². The summed E-state index contributed by atoms with van der Waals surface area (Å²) >= 11 is 1.30. The lowest BCUT2D eigenvalue weighted by Crippen LogP contribution is -2.40. The molecule has 1 aromatic heterocycles. The fourth-order valence-electron chi connectivity index (χ4n) is 3.87. The first-order valence-corrected chi connectivity index (χ1v) is 11.1. The number of fused-ring (bicyclic) bond motifs is 1. The van der Waals surface area contributed by atoms with Crippen LogP contribution in [0.5, 0.6) is 5.75 Å². The number of carbonyl (C=O) groups excluding carboxylic acids is 1. The Labute approximate surface area is 179 Å². The quantitative estimate of drug-likeness (QED) is 0.462. The minimum absolute atomic E-state index is 0.0838. The molecule has 0 unspecified atom stereocenters. The molecule has 30 heavy (non-hydrogen) atoms. The number of para-hydroxylation sites is 3.